The zero-order chi connectivity index (χ0) is 22.1. The lowest BCUT2D eigenvalue weighted by molar-refractivity contribution is 0.327. The van der Waals surface area contributed by atoms with E-state index in [0.717, 1.165) is 22.5 Å². The maximum atomic E-state index is 14.0. The number of aryl methyl sites for hydroxylation is 3. The molecule has 2 unspecified atom stereocenters. The number of aromatic hydroxyl groups is 1. The van der Waals surface area contributed by atoms with Crippen molar-refractivity contribution in [1.82, 2.24) is 9.65 Å². The predicted molar refractivity (Wildman–Crippen MR) is 117 cm³/mol. The molecular formula is C22H31N2O5P. The van der Waals surface area contributed by atoms with E-state index >= 15 is 0 Å². The first-order chi connectivity index (χ1) is 14.2. The van der Waals surface area contributed by atoms with Crippen LogP contribution < -0.4 is 9.47 Å². The quantitative estimate of drug-likeness (QED) is 0.636. The van der Waals surface area contributed by atoms with Gasteiger partial charge in [0.1, 0.15) is 0 Å². The van der Waals surface area contributed by atoms with Crippen molar-refractivity contribution in [1.29, 1.82) is 0 Å². The fourth-order valence-corrected chi connectivity index (χ4v) is 6.72. The SMILES string of the molecule is COc1cc(C(CCc2ccc(C)nc2C)P2(=O)OC[C@H](C)N2C)cc(OC)c1O. The van der Waals surface area contributed by atoms with Crippen molar-refractivity contribution in [3.63, 3.8) is 0 Å². The second-order valence-corrected chi connectivity index (χ2v) is 10.4. The molecule has 1 aromatic carbocycles. The second-order valence-electron chi connectivity index (χ2n) is 7.81. The van der Waals surface area contributed by atoms with Gasteiger partial charge in [-0.2, -0.15) is 0 Å². The zero-order valence-electron chi connectivity index (χ0n) is 18.5. The minimum atomic E-state index is -3.17. The van der Waals surface area contributed by atoms with Crippen LogP contribution in [0.3, 0.4) is 0 Å². The molecule has 1 N–H and O–H groups in total. The summed E-state index contributed by atoms with van der Waals surface area (Å²) < 4.78 is 32.5. The van der Waals surface area contributed by atoms with Gasteiger partial charge in [0.25, 0.3) is 7.52 Å². The van der Waals surface area contributed by atoms with Gasteiger partial charge in [-0.15, -0.1) is 0 Å². The molecule has 0 saturated carbocycles. The first-order valence-corrected chi connectivity index (χ1v) is 11.7. The van der Waals surface area contributed by atoms with Gasteiger partial charge < -0.3 is 19.1 Å². The zero-order valence-corrected chi connectivity index (χ0v) is 19.4. The van der Waals surface area contributed by atoms with Gasteiger partial charge >= 0.3 is 0 Å². The Morgan fingerprint density at radius 1 is 1.27 bits per heavy atom. The molecule has 3 rings (SSSR count). The van der Waals surface area contributed by atoms with Crippen LogP contribution >= 0.6 is 7.52 Å². The number of nitrogens with zero attached hydrogens (tertiary/aromatic N) is 2. The molecule has 3 atom stereocenters. The molecule has 8 heteroatoms. The third-order valence-electron chi connectivity index (χ3n) is 5.88. The maximum Gasteiger partial charge on any atom is 0.279 e. The number of ether oxygens (including phenoxy) is 2. The van der Waals surface area contributed by atoms with Crippen LogP contribution in [0.15, 0.2) is 24.3 Å². The lowest BCUT2D eigenvalue weighted by atomic mass is 10.0. The Morgan fingerprint density at radius 2 is 1.90 bits per heavy atom. The Kier molecular flexibility index (Phi) is 6.75. The number of likely N-dealkylation sites (N-methyl/N-ethyl adjacent to an activating group) is 1. The van der Waals surface area contributed by atoms with E-state index in [1.54, 1.807) is 12.1 Å². The van der Waals surface area contributed by atoms with Gasteiger partial charge in [-0.1, -0.05) is 6.07 Å². The number of aromatic nitrogens is 1. The standard InChI is InChI=1S/C22H31N2O5P/c1-14-7-8-17(16(3)23-14)9-10-21(30(26)24(4)15(2)13-29-30)18-11-19(27-5)22(25)20(12-18)28-6/h7-8,11-12,15,21,25H,9-10,13H2,1-6H3/t15-,21?,30?/m0/s1. The van der Waals surface area contributed by atoms with E-state index in [-0.39, 0.29) is 23.3 Å². The Hall–Kier alpha value is -2.08. The highest BCUT2D eigenvalue weighted by Crippen LogP contribution is 2.67. The summed E-state index contributed by atoms with van der Waals surface area (Å²) >= 11 is 0. The van der Waals surface area contributed by atoms with Crippen molar-refractivity contribution in [2.75, 3.05) is 27.9 Å². The third-order valence-corrected chi connectivity index (χ3v) is 9.02. The van der Waals surface area contributed by atoms with Crippen molar-refractivity contribution in [3.8, 4) is 17.2 Å². The maximum absolute atomic E-state index is 14.0. The largest absolute Gasteiger partial charge is 0.502 e. The van der Waals surface area contributed by atoms with E-state index in [2.05, 4.69) is 11.1 Å². The van der Waals surface area contributed by atoms with Crippen LogP contribution in [0.1, 0.15) is 41.5 Å². The van der Waals surface area contributed by atoms with Gasteiger partial charge in [-0.3, -0.25) is 9.55 Å². The molecule has 0 amide bonds. The molecule has 0 aliphatic carbocycles. The first kappa shape index (κ1) is 22.6. The van der Waals surface area contributed by atoms with Gasteiger partial charge in [0.05, 0.1) is 26.5 Å². The summed E-state index contributed by atoms with van der Waals surface area (Å²) in [5, 5.41) is 10.3. The van der Waals surface area contributed by atoms with Gasteiger partial charge in [0.15, 0.2) is 11.5 Å². The number of methoxy groups -OCH3 is 2. The molecule has 1 aliphatic rings. The Balaban J connectivity index is 2.03. The Morgan fingerprint density at radius 3 is 2.40 bits per heavy atom. The van der Waals surface area contributed by atoms with Crippen LogP contribution in [0.5, 0.6) is 17.2 Å². The van der Waals surface area contributed by atoms with E-state index in [4.69, 9.17) is 14.0 Å². The minimum absolute atomic E-state index is 0.0574. The lowest BCUT2D eigenvalue weighted by Crippen LogP contribution is -2.22. The highest BCUT2D eigenvalue weighted by molar-refractivity contribution is 7.57. The van der Waals surface area contributed by atoms with Gasteiger partial charge in [-0.25, -0.2) is 4.67 Å². The van der Waals surface area contributed by atoms with Crippen LogP contribution in [0.25, 0.3) is 0 Å². The summed E-state index contributed by atoms with van der Waals surface area (Å²) in [6, 6.07) is 7.57. The number of phenols is 1. The van der Waals surface area contributed by atoms with Crippen LogP contribution in [0.2, 0.25) is 0 Å². The number of benzene rings is 1. The summed E-state index contributed by atoms with van der Waals surface area (Å²) in [5.74, 6) is 0.487. The smallest absolute Gasteiger partial charge is 0.279 e. The molecule has 0 radical (unpaired) electrons. The van der Waals surface area contributed by atoms with E-state index in [1.165, 1.54) is 14.2 Å². The molecule has 1 aliphatic heterocycles. The number of rotatable bonds is 7. The topological polar surface area (TPSA) is 81.1 Å². The van der Waals surface area contributed by atoms with Gasteiger partial charge in [0, 0.05) is 17.4 Å². The summed E-state index contributed by atoms with van der Waals surface area (Å²) in [4.78, 5) is 4.55. The summed E-state index contributed by atoms with van der Waals surface area (Å²) in [7, 11) is 1.65. The average molecular weight is 434 g/mol. The normalized spacial score (nSPS) is 22.8. The average Bonchev–Trinajstić information content (AvgIpc) is 2.98. The van der Waals surface area contributed by atoms with Crippen molar-refractivity contribution >= 4 is 7.52 Å². The summed E-state index contributed by atoms with van der Waals surface area (Å²) in [5.41, 5.74) is 3.41. The van der Waals surface area contributed by atoms with E-state index < -0.39 is 13.2 Å². The number of hydrogen-bond donors (Lipinski definition) is 1. The van der Waals surface area contributed by atoms with E-state index in [0.29, 0.717) is 19.4 Å². The molecule has 1 fully saturated rings. The Labute approximate surface area is 178 Å². The van der Waals surface area contributed by atoms with Crippen LogP contribution in [-0.2, 0) is 15.5 Å². The van der Waals surface area contributed by atoms with Crippen molar-refractivity contribution in [2.45, 2.75) is 45.3 Å². The van der Waals surface area contributed by atoms with Crippen LogP contribution in [-0.4, -0.2) is 48.7 Å². The van der Waals surface area contributed by atoms with E-state index in [9.17, 15) is 9.67 Å². The molecule has 1 aromatic heterocycles. The fourth-order valence-electron chi connectivity index (χ4n) is 3.89. The molecule has 0 bridgehead atoms. The van der Waals surface area contributed by atoms with Crippen molar-refractivity contribution in [2.24, 2.45) is 0 Å². The van der Waals surface area contributed by atoms with Crippen LogP contribution in [0.4, 0.5) is 0 Å². The fraction of sp³-hybridized carbons (Fsp3) is 0.500. The van der Waals surface area contributed by atoms with Crippen LogP contribution in [0, 0.1) is 13.8 Å². The molecular weight excluding hydrogens is 403 g/mol. The monoisotopic (exact) mass is 434 g/mol. The second kappa shape index (κ2) is 8.96. The minimum Gasteiger partial charge on any atom is -0.502 e. The summed E-state index contributed by atoms with van der Waals surface area (Å²) in [6.07, 6.45) is 1.29. The van der Waals surface area contributed by atoms with Crippen molar-refractivity contribution in [3.05, 3.63) is 46.8 Å². The molecule has 7 nitrogen and oxygen atoms in total. The third kappa shape index (κ3) is 4.20. The molecule has 1 saturated heterocycles. The molecule has 30 heavy (non-hydrogen) atoms. The summed E-state index contributed by atoms with van der Waals surface area (Å²) in [6.45, 7) is 6.38. The molecule has 2 heterocycles. The Bertz CT molecular complexity index is 940. The molecule has 164 valence electrons. The van der Waals surface area contributed by atoms with Crippen molar-refractivity contribution < 1.29 is 23.7 Å². The highest BCUT2D eigenvalue weighted by Gasteiger charge is 2.46. The lowest BCUT2D eigenvalue weighted by Gasteiger charge is -2.30. The van der Waals surface area contributed by atoms with E-state index in [1.807, 2.05) is 38.6 Å². The first-order valence-electron chi connectivity index (χ1n) is 10.1. The molecule has 0 spiro atoms. The molecule has 2 aromatic rings. The number of pyridine rings is 1. The number of hydrogen-bond acceptors (Lipinski definition) is 6. The number of phenolic OH excluding ortho intramolecular Hbond substituents is 1. The highest BCUT2D eigenvalue weighted by atomic mass is 31.2. The predicted octanol–water partition coefficient (Wildman–Crippen LogP) is 4.64. The van der Waals surface area contributed by atoms with Gasteiger partial charge in [-0.05, 0) is 70.0 Å². The van der Waals surface area contributed by atoms with Gasteiger partial charge in [0.2, 0.25) is 5.75 Å².